The van der Waals surface area contributed by atoms with Crippen molar-refractivity contribution in [1.29, 1.82) is 5.26 Å². The molecule has 1 aliphatic heterocycles. The highest BCUT2D eigenvalue weighted by Gasteiger charge is 2.25. The van der Waals surface area contributed by atoms with Gasteiger partial charge in [0, 0.05) is 57.2 Å². The molecule has 2 aromatic heterocycles. The van der Waals surface area contributed by atoms with Crippen molar-refractivity contribution in [1.82, 2.24) is 34.7 Å². The van der Waals surface area contributed by atoms with Gasteiger partial charge in [-0.05, 0) is 35.4 Å². The van der Waals surface area contributed by atoms with Crippen LogP contribution in [0.2, 0.25) is 0 Å². The minimum Gasteiger partial charge on any atom is -0.480 e. The number of hydrogen-bond acceptors (Lipinski definition) is 12. The Bertz CT molecular complexity index is 1760. The van der Waals surface area contributed by atoms with Gasteiger partial charge in [-0.25, -0.2) is 9.78 Å². The summed E-state index contributed by atoms with van der Waals surface area (Å²) in [4.78, 5) is 59.7. The number of amides is 1. The molecule has 230 valence electrons. The summed E-state index contributed by atoms with van der Waals surface area (Å²) >= 11 is 0. The molecule has 5 rings (SSSR count). The van der Waals surface area contributed by atoms with Crippen LogP contribution in [-0.2, 0) is 17.8 Å². The first-order chi connectivity index (χ1) is 21.8. The predicted octanol–water partition coefficient (Wildman–Crippen LogP) is 1.64. The van der Waals surface area contributed by atoms with Crippen molar-refractivity contribution in [3.8, 4) is 12.1 Å². The number of nitrogens with one attached hydrogen (secondary N) is 3. The normalized spacial score (nSPS) is 13.8. The molecule has 1 amide bonds. The lowest BCUT2D eigenvalue weighted by Crippen LogP contribution is -2.49. The van der Waals surface area contributed by atoms with Crippen LogP contribution < -0.4 is 20.9 Å². The molecule has 0 spiro atoms. The van der Waals surface area contributed by atoms with Gasteiger partial charge in [-0.15, -0.1) is 0 Å². The fourth-order valence-electron chi connectivity index (χ4n) is 4.77. The number of carboxylic acid groups (broad SMARTS) is 1. The molecule has 0 radical (unpaired) electrons. The monoisotopic (exact) mass is 610 g/mol. The Hall–Kier alpha value is -5.88. The van der Waals surface area contributed by atoms with E-state index in [1.807, 2.05) is 30.3 Å². The highest BCUT2D eigenvalue weighted by molar-refractivity contribution is 5.92. The number of aromatic amines is 1. The van der Waals surface area contributed by atoms with E-state index in [-0.39, 0.29) is 35.9 Å². The van der Waals surface area contributed by atoms with Crippen molar-refractivity contribution in [2.24, 2.45) is 0 Å². The number of carboxylic acids is 1. The second kappa shape index (κ2) is 14.1. The SMILES string of the molecule is COc1nc(Nc2cccc(CN3CCN(C(=O)c4ncc[nH]c4=O)CC3)c2)nc(NC(Cc2ccc(C#N)cc2)C(=O)O)n1. The van der Waals surface area contributed by atoms with Crippen LogP contribution in [0.25, 0.3) is 0 Å². The smallest absolute Gasteiger partial charge is 0.326 e. The summed E-state index contributed by atoms with van der Waals surface area (Å²) < 4.78 is 5.23. The van der Waals surface area contributed by atoms with Crippen molar-refractivity contribution < 1.29 is 19.4 Å². The minimum absolute atomic E-state index is 0.00576. The van der Waals surface area contributed by atoms with Crippen LogP contribution in [0.5, 0.6) is 6.01 Å². The van der Waals surface area contributed by atoms with Gasteiger partial charge in [0.15, 0.2) is 5.69 Å². The summed E-state index contributed by atoms with van der Waals surface area (Å²) in [5.41, 5.74) is 2.30. The van der Waals surface area contributed by atoms with Crippen LogP contribution >= 0.6 is 0 Å². The lowest BCUT2D eigenvalue weighted by atomic mass is 10.0. The molecule has 4 aromatic rings. The fourth-order valence-corrected chi connectivity index (χ4v) is 4.77. The number of anilines is 3. The van der Waals surface area contributed by atoms with Gasteiger partial charge in [0.05, 0.1) is 18.7 Å². The lowest BCUT2D eigenvalue weighted by molar-refractivity contribution is -0.137. The van der Waals surface area contributed by atoms with Gasteiger partial charge in [0.25, 0.3) is 11.5 Å². The molecule has 0 aliphatic carbocycles. The zero-order chi connectivity index (χ0) is 31.8. The Morgan fingerprint density at radius 1 is 1.07 bits per heavy atom. The van der Waals surface area contributed by atoms with Crippen LogP contribution in [0, 0.1) is 11.3 Å². The summed E-state index contributed by atoms with van der Waals surface area (Å²) in [6.45, 7) is 2.82. The van der Waals surface area contributed by atoms with Gasteiger partial charge < -0.3 is 30.4 Å². The number of nitrogens with zero attached hydrogens (tertiary/aromatic N) is 7. The van der Waals surface area contributed by atoms with Crippen molar-refractivity contribution in [3.63, 3.8) is 0 Å². The first kappa shape index (κ1) is 30.6. The van der Waals surface area contributed by atoms with E-state index in [1.54, 1.807) is 29.2 Å². The molecule has 3 heterocycles. The third kappa shape index (κ3) is 7.94. The van der Waals surface area contributed by atoms with Gasteiger partial charge >= 0.3 is 12.0 Å². The Labute approximate surface area is 257 Å². The molecular formula is C30H30N10O5. The quantitative estimate of drug-likeness (QED) is 0.191. The molecule has 15 heteroatoms. The van der Waals surface area contributed by atoms with Gasteiger partial charge in [-0.3, -0.25) is 14.5 Å². The van der Waals surface area contributed by atoms with E-state index in [0.29, 0.717) is 44.0 Å². The second-order valence-electron chi connectivity index (χ2n) is 10.2. The molecule has 15 nitrogen and oxygen atoms in total. The zero-order valence-electron chi connectivity index (χ0n) is 24.3. The van der Waals surface area contributed by atoms with E-state index in [9.17, 15) is 19.5 Å². The average molecular weight is 611 g/mol. The molecule has 1 atom stereocenters. The number of hydrogen-bond donors (Lipinski definition) is 4. The van der Waals surface area contributed by atoms with E-state index >= 15 is 0 Å². The Morgan fingerprint density at radius 3 is 2.51 bits per heavy atom. The minimum atomic E-state index is -1.10. The number of nitriles is 1. The van der Waals surface area contributed by atoms with E-state index < -0.39 is 17.6 Å². The number of benzene rings is 2. The Balaban J connectivity index is 1.22. The molecule has 0 bridgehead atoms. The maximum Gasteiger partial charge on any atom is 0.326 e. The van der Waals surface area contributed by atoms with Crippen LogP contribution in [0.15, 0.2) is 65.7 Å². The molecule has 1 fully saturated rings. The van der Waals surface area contributed by atoms with Crippen molar-refractivity contribution in [2.45, 2.75) is 19.0 Å². The number of ether oxygens (including phenoxy) is 1. The number of carbonyl (C=O) groups excluding carboxylic acids is 1. The highest BCUT2D eigenvalue weighted by Crippen LogP contribution is 2.20. The van der Waals surface area contributed by atoms with Crippen LogP contribution in [0.3, 0.4) is 0 Å². The number of aromatic nitrogens is 5. The summed E-state index contributed by atoms with van der Waals surface area (Å²) in [6, 6.07) is 15.3. The number of piperazine rings is 1. The largest absolute Gasteiger partial charge is 0.480 e. The molecule has 2 aromatic carbocycles. The van der Waals surface area contributed by atoms with E-state index in [0.717, 1.165) is 11.1 Å². The summed E-state index contributed by atoms with van der Waals surface area (Å²) in [5.74, 6) is -1.31. The first-order valence-corrected chi connectivity index (χ1v) is 14.0. The number of H-pyrrole nitrogens is 1. The molecular weight excluding hydrogens is 580 g/mol. The van der Waals surface area contributed by atoms with Gasteiger partial charge in [-0.2, -0.15) is 20.2 Å². The maximum atomic E-state index is 12.7. The van der Waals surface area contributed by atoms with Crippen LogP contribution in [0.1, 0.15) is 27.2 Å². The summed E-state index contributed by atoms with van der Waals surface area (Å²) in [6.07, 6.45) is 2.91. The third-order valence-electron chi connectivity index (χ3n) is 7.08. The molecule has 1 aliphatic rings. The van der Waals surface area contributed by atoms with Crippen molar-refractivity contribution >= 4 is 29.5 Å². The maximum absolute atomic E-state index is 12.7. The number of rotatable bonds is 11. The average Bonchev–Trinajstić information content (AvgIpc) is 3.05. The van der Waals surface area contributed by atoms with Crippen molar-refractivity contribution in [2.75, 3.05) is 43.9 Å². The highest BCUT2D eigenvalue weighted by atomic mass is 16.5. The van der Waals surface area contributed by atoms with Crippen molar-refractivity contribution in [3.05, 3.63) is 93.7 Å². The fraction of sp³-hybridized carbons (Fsp3) is 0.267. The molecule has 1 saturated heterocycles. The van der Waals surface area contributed by atoms with Gasteiger partial charge in [0.2, 0.25) is 11.9 Å². The predicted molar refractivity (Wildman–Crippen MR) is 162 cm³/mol. The second-order valence-corrected chi connectivity index (χ2v) is 10.2. The topological polar surface area (TPSA) is 202 Å². The molecule has 45 heavy (non-hydrogen) atoms. The first-order valence-electron chi connectivity index (χ1n) is 14.0. The number of methoxy groups -OCH3 is 1. The zero-order valence-corrected chi connectivity index (χ0v) is 24.3. The number of aliphatic carboxylic acids is 1. The summed E-state index contributed by atoms with van der Waals surface area (Å²) in [7, 11) is 1.40. The standard InChI is InChI=1S/C30H30N10O5/c1-45-30-37-28(36-29(38-30)35-23(27(43)44)16-19-5-7-20(17-31)8-6-19)34-22-4-2-3-21(15-22)18-39-11-13-40(14-12-39)26(42)24-25(41)33-10-9-32-24/h2-10,15,23H,11-14,16,18H2,1H3,(H,33,41)(H,43,44)(H2,34,35,36,37,38). The van der Waals surface area contributed by atoms with Gasteiger partial charge in [-0.1, -0.05) is 24.3 Å². The van der Waals surface area contributed by atoms with E-state index in [1.165, 1.54) is 19.5 Å². The Kier molecular flexibility index (Phi) is 9.55. The third-order valence-corrected chi connectivity index (χ3v) is 7.08. The summed E-state index contributed by atoms with van der Waals surface area (Å²) in [5, 5.41) is 24.8. The lowest BCUT2D eigenvalue weighted by Gasteiger charge is -2.34. The molecule has 1 unspecified atom stereocenters. The van der Waals surface area contributed by atoms with E-state index in [2.05, 4.69) is 40.5 Å². The van der Waals surface area contributed by atoms with Gasteiger partial charge in [0.1, 0.15) is 6.04 Å². The van der Waals surface area contributed by atoms with Crippen LogP contribution in [-0.4, -0.2) is 91.0 Å². The molecule has 0 saturated carbocycles. The van der Waals surface area contributed by atoms with E-state index in [4.69, 9.17) is 10.00 Å². The number of carbonyl (C=O) groups is 2. The Morgan fingerprint density at radius 2 is 1.82 bits per heavy atom. The molecule has 4 N–H and O–H groups in total. The van der Waals surface area contributed by atoms with Crippen LogP contribution in [0.4, 0.5) is 17.6 Å².